The molecule has 0 aromatic heterocycles. The second-order valence-corrected chi connectivity index (χ2v) is 5.43. The average Bonchev–Trinajstić information content (AvgIpc) is 2.45. The van der Waals surface area contributed by atoms with E-state index in [0.29, 0.717) is 5.92 Å². The van der Waals surface area contributed by atoms with Gasteiger partial charge in [-0.2, -0.15) is 0 Å². The Bertz CT molecular complexity index is 551. The summed E-state index contributed by atoms with van der Waals surface area (Å²) < 4.78 is 13.4. The Morgan fingerprint density at radius 2 is 1.80 bits per heavy atom. The van der Waals surface area contributed by atoms with Crippen molar-refractivity contribution in [3.05, 3.63) is 71.0 Å². The Labute approximate surface area is 120 Å². The minimum Gasteiger partial charge on any atom is -0.313 e. The number of rotatable bonds is 5. The Hall–Kier alpha value is -1.67. The van der Waals surface area contributed by atoms with Crippen LogP contribution in [0.3, 0.4) is 0 Å². The van der Waals surface area contributed by atoms with Crippen molar-refractivity contribution in [2.75, 3.05) is 7.05 Å². The van der Waals surface area contributed by atoms with E-state index in [9.17, 15) is 4.39 Å². The van der Waals surface area contributed by atoms with Crippen molar-refractivity contribution in [1.82, 2.24) is 5.32 Å². The zero-order valence-corrected chi connectivity index (χ0v) is 12.4. The highest BCUT2D eigenvalue weighted by Crippen LogP contribution is 2.26. The molecule has 2 atom stereocenters. The van der Waals surface area contributed by atoms with E-state index in [2.05, 4.69) is 36.5 Å². The zero-order chi connectivity index (χ0) is 14.5. The summed E-state index contributed by atoms with van der Waals surface area (Å²) in [7, 11) is 1.98. The fraction of sp³-hybridized carbons (Fsp3) is 0.333. The van der Waals surface area contributed by atoms with Crippen LogP contribution in [0.1, 0.15) is 29.7 Å². The molecular formula is C18H22FN. The lowest BCUT2D eigenvalue weighted by atomic mass is 9.88. The molecule has 106 valence electrons. The lowest BCUT2D eigenvalue weighted by Crippen LogP contribution is -2.25. The molecule has 0 bridgehead atoms. The fourth-order valence-electron chi connectivity index (χ4n) is 2.76. The lowest BCUT2D eigenvalue weighted by molar-refractivity contribution is 0.408. The molecule has 0 aliphatic carbocycles. The van der Waals surface area contributed by atoms with E-state index in [0.717, 1.165) is 17.5 Å². The summed E-state index contributed by atoms with van der Waals surface area (Å²) in [5.41, 5.74) is 3.52. The quantitative estimate of drug-likeness (QED) is 0.856. The summed E-state index contributed by atoms with van der Waals surface area (Å²) in [5, 5.41) is 3.38. The summed E-state index contributed by atoms with van der Waals surface area (Å²) >= 11 is 0. The van der Waals surface area contributed by atoms with E-state index in [-0.39, 0.29) is 11.9 Å². The molecule has 0 radical (unpaired) electrons. The van der Waals surface area contributed by atoms with Gasteiger partial charge < -0.3 is 5.32 Å². The highest BCUT2D eigenvalue weighted by molar-refractivity contribution is 5.28. The average molecular weight is 271 g/mol. The van der Waals surface area contributed by atoms with Gasteiger partial charge in [0.05, 0.1) is 0 Å². The molecule has 0 spiro atoms. The van der Waals surface area contributed by atoms with Crippen LogP contribution in [-0.2, 0) is 6.42 Å². The van der Waals surface area contributed by atoms with Crippen molar-refractivity contribution in [3.8, 4) is 0 Å². The van der Waals surface area contributed by atoms with Crippen LogP contribution in [0.2, 0.25) is 0 Å². The van der Waals surface area contributed by atoms with Crippen LogP contribution in [0.5, 0.6) is 0 Å². The summed E-state index contributed by atoms with van der Waals surface area (Å²) in [4.78, 5) is 0. The normalized spacial score (nSPS) is 14.0. The van der Waals surface area contributed by atoms with E-state index in [1.807, 2.05) is 26.1 Å². The van der Waals surface area contributed by atoms with Crippen molar-refractivity contribution in [2.45, 2.75) is 26.3 Å². The number of halogens is 1. The third-order valence-electron chi connectivity index (χ3n) is 3.89. The molecule has 2 unspecified atom stereocenters. The highest BCUT2D eigenvalue weighted by atomic mass is 19.1. The number of nitrogens with one attached hydrogen (secondary N) is 1. The molecule has 2 aromatic carbocycles. The SMILES string of the molecule is CNC(c1ccccc1)C(C)Cc1cc(F)ccc1C. The van der Waals surface area contributed by atoms with E-state index < -0.39 is 0 Å². The second-order valence-electron chi connectivity index (χ2n) is 5.43. The molecule has 2 aromatic rings. The predicted octanol–water partition coefficient (Wildman–Crippen LogP) is 4.27. The topological polar surface area (TPSA) is 12.0 Å². The molecule has 20 heavy (non-hydrogen) atoms. The van der Waals surface area contributed by atoms with Gasteiger partial charge in [0.2, 0.25) is 0 Å². The Morgan fingerprint density at radius 1 is 1.10 bits per heavy atom. The molecule has 1 nitrogen and oxygen atoms in total. The van der Waals surface area contributed by atoms with Gasteiger partial charge in [-0.05, 0) is 55.1 Å². The predicted molar refractivity (Wildman–Crippen MR) is 82.2 cm³/mol. The van der Waals surface area contributed by atoms with Crippen LogP contribution in [0.4, 0.5) is 4.39 Å². The molecule has 0 saturated carbocycles. The van der Waals surface area contributed by atoms with Gasteiger partial charge in [0.25, 0.3) is 0 Å². The maximum atomic E-state index is 13.4. The summed E-state index contributed by atoms with van der Waals surface area (Å²) in [6.07, 6.45) is 0.865. The molecule has 2 heteroatoms. The Kier molecular flexibility index (Phi) is 4.91. The summed E-state index contributed by atoms with van der Waals surface area (Å²) in [6.45, 7) is 4.25. The smallest absolute Gasteiger partial charge is 0.123 e. The third kappa shape index (κ3) is 3.45. The van der Waals surface area contributed by atoms with Gasteiger partial charge in [0, 0.05) is 6.04 Å². The van der Waals surface area contributed by atoms with Gasteiger partial charge in [0.1, 0.15) is 5.82 Å². The fourth-order valence-corrected chi connectivity index (χ4v) is 2.76. The molecule has 2 rings (SSSR count). The molecule has 1 N–H and O–H groups in total. The second kappa shape index (κ2) is 6.67. The molecule has 0 aliphatic rings. The number of benzene rings is 2. The molecule has 0 heterocycles. The van der Waals surface area contributed by atoms with E-state index in [1.54, 1.807) is 6.07 Å². The van der Waals surface area contributed by atoms with Crippen LogP contribution in [0.15, 0.2) is 48.5 Å². The van der Waals surface area contributed by atoms with Crippen LogP contribution in [0, 0.1) is 18.7 Å². The molecule has 0 amide bonds. The Morgan fingerprint density at radius 3 is 2.45 bits per heavy atom. The minimum atomic E-state index is -0.154. The monoisotopic (exact) mass is 271 g/mol. The summed E-state index contributed by atoms with van der Waals surface area (Å²) in [5.74, 6) is 0.237. The van der Waals surface area contributed by atoms with Crippen molar-refractivity contribution < 1.29 is 4.39 Å². The van der Waals surface area contributed by atoms with E-state index in [4.69, 9.17) is 0 Å². The first-order valence-corrected chi connectivity index (χ1v) is 7.09. The van der Waals surface area contributed by atoms with Crippen molar-refractivity contribution >= 4 is 0 Å². The number of hydrogen-bond acceptors (Lipinski definition) is 1. The van der Waals surface area contributed by atoms with Crippen LogP contribution >= 0.6 is 0 Å². The molecule has 0 aliphatic heterocycles. The largest absolute Gasteiger partial charge is 0.313 e. The minimum absolute atomic E-state index is 0.154. The first-order valence-electron chi connectivity index (χ1n) is 7.09. The standard InChI is InChI=1S/C18H22FN/c1-13-9-10-17(19)12-16(13)11-14(2)18(20-3)15-7-5-4-6-8-15/h4-10,12,14,18,20H,11H2,1-3H3. The highest BCUT2D eigenvalue weighted by Gasteiger charge is 2.18. The lowest BCUT2D eigenvalue weighted by Gasteiger charge is -2.25. The maximum Gasteiger partial charge on any atom is 0.123 e. The van der Waals surface area contributed by atoms with Gasteiger partial charge in [-0.3, -0.25) is 0 Å². The first kappa shape index (κ1) is 14.7. The van der Waals surface area contributed by atoms with Gasteiger partial charge in [0.15, 0.2) is 0 Å². The zero-order valence-electron chi connectivity index (χ0n) is 12.4. The van der Waals surface area contributed by atoms with E-state index >= 15 is 0 Å². The van der Waals surface area contributed by atoms with Gasteiger partial charge in [-0.25, -0.2) is 4.39 Å². The van der Waals surface area contributed by atoms with E-state index in [1.165, 1.54) is 11.6 Å². The van der Waals surface area contributed by atoms with Crippen molar-refractivity contribution in [2.24, 2.45) is 5.92 Å². The molecular weight excluding hydrogens is 249 g/mol. The van der Waals surface area contributed by atoms with Crippen LogP contribution in [-0.4, -0.2) is 7.05 Å². The van der Waals surface area contributed by atoms with Crippen LogP contribution < -0.4 is 5.32 Å². The summed E-state index contributed by atoms with van der Waals surface area (Å²) in [6, 6.07) is 15.7. The molecule has 0 fully saturated rings. The van der Waals surface area contributed by atoms with Crippen LogP contribution in [0.25, 0.3) is 0 Å². The van der Waals surface area contributed by atoms with Crippen molar-refractivity contribution in [1.29, 1.82) is 0 Å². The van der Waals surface area contributed by atoms with Gasteiger partial charge in [-0.1, -0.05) is 43.3 Å². The number of aryl methyl sites for hydroxylation is 1. The first-order chi connectivity index (χ1) is 9.61. The maximum absolute atomic E-state index is 13.4. The molecule has 0 saturated heterocycles. The van der Waals surface area contributed by atoms with Gasteiger partial charge >= 0.3 is 0 Å². The van der Waals surface area contributed by atoms with Gasteiger partial charge in [-0.15, -0.1) is 0 Å². The third-order valence-corrected chi connectivity index (χ3v) is 3.89. The van der Waals surface area contributed by atoms with Crippen molar-refractivity contribution in [3.63, 3.8) is 0 Å². The Balaban J connectivity index is 2.17. The number of hydrogen-bond donors (Lipinski definition) is 1.